The van der Waals surface area contributed by atoms with Crippen molar-refractivity contribution < 1.29 is 41.7 Å². The lowest BCUT2D eigenvalue weighted by Crippen LogP contribution is -2.19. The zero-order chi connectivity index (χ0) is 28.4. The fraction of sp³-hybridized carbons (Fsp3) is 0.333. The molecule has 0 atom stereocenters. The first-order valence-corrected chi connectivity index (χ1v) is 12.9. The van der Waals surface area contributed by atoms with E-state index >= 15 is 0 Å². The minimum absolute atomic E-state index is 0.143. The van der Waals surface area contributed by atoms with E-state index in [4.69, 9.17) is 14.6 Å². The van der Waals surface area contributed by atoms with Crippen LogP contribution in [0, 0.1) is 23.3 Å². The molecule has 0 aliphatic heterocycles. The number of halogens is 4. The van der Waals surface area contributed by atoms with Gasteiger partial charge >= 0.3 is 11.9 Å². The molecule has 0 saturated carbocycles. The molecule has 3 aromatic carbocycles. The summed E-state index contributed by atoms with van der Waals surface area (Å²) in [7, 11) is 0. The van der Waals surface area contributed by atoms with Crippen molar-refractivity contribution in [3.8, 4) is 22.6 Å². The molecule has 39 heavy (non-hydrogen) atoms. The highest BCUT2D eigenvalue weighted by Crippen LogP contribution is 2.28. The highest BCUT2D eigenvalue weighted by atomic mass is 19.2. The number of esters is 1. The molecule has 208 valence electrons. The number of unbranched alkanes of at least 4 members (excludes halogenated alkanes) is 7. The molecule has 0 bridgehead atoms. The van der Waals surface area contributed by atoms with Gasteiger partial charge in [0.05, 0.1) is 6.61 Å². The van der Waals surface area contributed by atoms with Gasteiger partial charge < -0.3 is 14.6 Å². The number of hydrogen-bond acceptors (Lipinski definition) is 4. The second kappa shape index (κ2) is 14.3. The maximum absolute atomic E-state index is 14.2. The van der Waals surface area contributed by atoms with Gasteiger partial charge in [0.1, 0.15) is 22.6 Å². The van der Waals surface area contributed by atoms with Crippen molar-refractivity contribution in [3.63, 3.8) is 0 Å². The fourth-order valence-electron chi connectivity index (χ4n) is 4.04. The maximum atomic E-state index is 14.2. The Bertz CT molecular complexity index is 1250. The van der Waals surface area contributed by atoms with E-state index in [1.54, 1.807) is 12.1 Å². The summed E-state index contributed by atoms with van der Waals surface area (Å²) in [4.78, 5) is 23.1. The quantitative estimate of drug-likeness (QED) is 0.0723. The van der Waals surface area contributed by atoms with Crippen LogP contribution in [-0.4, -0.2) is 23.7 Å². The topological polar surface area (TPSA) is 72.8 Å². The number of ether oxygens (including phenoxy) is 2. The van der Waals surface area contributed by atoms with Gasteiger partial charge in [-0.25, -0.2) is 27.2 Å². The normalized spacial score (nSPS) is 10.9. The van der Waals surface area contributed by atoms with Crippen molar-refractivity contribution in [3.05, 3.63) is 82.9 Å². The molecular weight excluding hydrogens is 516 g/mol. The van der Waals surface area contributed by atoms with Crippen molar-refractivity contribution in [2.75, 3.05) is 6.61 Å². The first-order valence-electron chi connectivity index (χ1n) is 12.9. The van der Waals surface area contributed by atoms with Crippen molar-refractivity contribution in [2.45, 2.75) is 58.3 Å². The van der Waals surface area contributed by atoms with Gasteiger partial charge in [-0.2, -0.15) is 0 Å². The Kier molecular flexibility index (Phi) is 10.9. The molecule has 1 N–H and O–H groups in total. The summed E-state index contributed by atoms with van der Waals surface area (Å²) in [6, 6.07) is 13.2. The number of aromatic carboxylic acids is 1. The SMILES string of the molecule is CCCCCCCCCCOc1ccc(-c2ccc(OC(=O)c3c(F)c(F)c(C(=O)O)c(F)c3F)cc2)cc1. The predicted molar refractivity (Wildman–Crippen MR) is 138 cm³/mol. The van der Waals surface area contributed by atoms with Crippen LogP contribution in [0.4, 0.5) is 17.6 Å². The number of carbonyl (C=O) groups is 2. The average Bonchev–Trinajstić information content (AvgIpc) is 2.92. The smallest absolute Gasteiger partial charge is 0.349 e. The zero-order valence-corrected chi connectivity index (χ0v) is 21.6. The molecule has 0 unspecified atom stereocenters. The monoisotopic (exact) mass is 546 g/mol. The number of carboxylic acid groups (broad SMARTS) is 1. The second-order valence-electron chi connectivity index (χ2n) is 9.07. The van der Waals surface area contributed by atoms with Gasteiger partial charge in [0, 0.05) is 0 Å². The maximum Gasteiger partial charge on any atom is 0.349 e. The highest BCUT2D eigenvalue weighted by Gasteiger charge is 2.33. The Morgan fingerprint density at radius 2 is 1.08 bits per heavy atom. The second-order valence-corrected chi connectivity index (χ2v) is 9.07. The predicted octanol–water partition coefficient (Wildman–Crippen LogP) is 8.35. The molecule has 0 heterocycles. The molecule has 0 spiro atoms. The number of benzene rings is 3. The third kappa shape index (κ3) is 7.81. The van der Waals surface area contributed by atoms with E-state index in [1.165, 1.54) is 50.7 Å². The largest absolute Gasteiger partial charge is 0.494 e. The van der Waals surface area contributed by atoms with Crippen LogP contribution in [-0.2, 0) is 0 Å². The van der Waals surface area contributed by atoms with E-state index < -0.39 is 46.3 Å². The van der Waals surface area contributed by atoms with E-state index in [1.807, 2.05) is 24.3 Å². The van der Waals surface area contributed by atoms with Crippen molar-refractivity contribution >= 4 is 11.9 Å². The molecule has 0 saturated heterocycles. The minimum Gasteiger partial charge on any atom is -0.494 e. The van der Waals surface area contributed by atoms with Gasteiger partial charge in [-0.3, -0.25) is 0 Å². The van der Waals surface area contributed by atoms with Crippen LogP contribution in [0.25, 0.3) is 11.1 Å². The van der Waals surface area contributed by atoms with Crippen LogP contribution in [0.2, 0.25) is 0 Å². The van der Waals surface area contributed by atoms with Crippen LogP contribution in [0.15, 0.2) is 48.5 Å². The summed E-state index contributed by atoms with van der Waals surface area (Å²) in [5, 5.41) is 8.75. The zero-order valence-electron chi connectivity index (χ0n) is 21.6. The standard InChI is InChI=1S/C30H30F4O5/c1-2-3-4-5-6-7-8-9-18-38-21-14-10-19(11-15-21)20-12-16-22(17-13-20)39-30(37)24-27(33)25(31)23(29(35)36)26(32)28(24)34/h10-17H,2-9,18H2,1H3,(H,35,36). The Labute approximate surface area is 224 Å². The Balaban J connectivity index is 1.54. The number of hydrogen-bond donors (Lipinski definition) is 1. The minimum atomic E-state index is -2.22. The lowest BCUT2D eigenvalue weighted by molar-refractivity contribution is 0.0671. The molecule has 0 fully saturated rings. The van der Waals surface area contributed by atoms with Crippen LogP contribution >= 0.6 is 0 Å². The molecule has 0 aliphatic rings. The first-order chi connectivity index (χ1) is 18.7. The molecule has 0 aromatic heterocycles. The molecule has 0 aliphatic carbocycles. The highest BCUT2D eigenvalue weighted by molar-refractivity contribution is 5.94. The summed E-state index contributed by atoms with van der Waals surface area (Å²) in [5.41, 5.74) is -1.93. The molecule has 3 aromatic rings. The third-order valence-electron chi connectivity index (χ3n) is 6.20. The van der Waals surface area contributed by atoms with Crippen LogP contribution in [0.3, 0.4) is 0 Å². The van der Waals surface area contributed by atoms with E-state index in [9.17, 15) is 27.2 Å². The molecule has 3 rings (SSSR count). The van der Waals surface area contributed by atoms with E-state index in [0.717, 1.165) is 29.7 Å². The van der Waals surface area contributed by atoms with Crippen LogP contribution < -0.4 is 9.47 Å². The summed E-state index contributed by atoms with van der Waals surface area (Å²) >= 11 is 0. The Hall–Kier alpha value is -3.88. The third-order valence-corrected chi connectivity index (χ3v) is 6.20. The summed E-state index contributed by atoms with van der Waals surface area (Å²) in [5.74, 6) is -12.1. The van der Waals surface area contributed by atoms with E-state index in [-0.39, 0.29) is 5.75 Å². The first kappa shape index (κ1) is 29.7. The number of carbonyl (C=O) groups excluding carboxylic acids is 1. The van der Waals surface area contributed by atoms with Gasteiger partial charge in [-0.15, -0.1) is 0 Å². The summed E-state index contributed by atoms with van der Waals surface area (Å²) in [6.45, 7) is 2.85. The van der Waals surface area contributed by atoms with Crippen molar-refractivity contribution in [2.24, 2.45) is 0 Å². The van der Waals surface area contributed by atoms with E-state index in [2.05, 4.69) is 6.92 Å². The molecule has 5 nitrogen and oxygen atoms in total. The number of carboxylic acids is 1. The summed E-state index contributed by atoms with van der Waals surface area (Å²) < 4.78 is 66.8. The Morgan fingerprint density at radius 3 is 1.56 bits per heavy atom. The lowest BCUT2D eigenvalue weighted by atomic mass is 10.1. The molecule has 0 radical (unpaired) electrons. The fourth-order valence-corrected chi connectivity index (χ4v) is 4.04. The Morgan fingerprint density at radius 1 is 0.641 bits per heavy atom. The van der Waals surface area contributed by atoms with Gasteiger partial charge in [0.2, 0.25) is 0 Å². The van der Waals surface area contributed by atoms with Crippen molar-refractivity contribution in [1.82, 2.24) is 0 Å². The van der Waals surface area contributed by atoms with Crippen LogP contribution in [0.5, 0.6) is 11.5 Å². The van der Waals surface area contributed by atoms with Crippen LogP contribution in [0.1, 0.15) is 79.0 Å². The number of rotatable bonds is 14. The lowest BCUT2D eigenvalue weighted by Gasteiger charge is -2.10. The van der Waals surface area contributed by atoms with Gasteiger partial charge in [0.25, 0.3) is 0 Å². The van der Waals surface area contributed by atoms with Gasteiger partial charge in [-0.05, 0) is 41.8 Å². The van der Waals surface area contributed by atoms with Gasteiger partial charge in [0.15, 0.2) is 23.3 Å². The summed E-state index contributed by atoms with van der Waals surface area (Å²) in [6.07, 6.45) is 9.75. The molecule has 0 amide bonds. The molecule has 9 heteroatoms. The van der Waals surface area contributed by atoms with Crippen molar-refractivity contribution in [1.29, 1.82) is 0 Å². The van der Waals surface area contributed by atoms with Gasteiger partial charge in [-0.1, -0.05) is 76.1 Å². The van der Waals surface area contributed by atoms with E-state index in [0.29, 0.717) is 6.61 Å². The average molecular weight is 547 g/mol. The molecular formula is C30H30F4O5.